The predicted molar refractivity (Wildman–Crippen MR) is 65.6 cm³/mol. The van der Waals surface area contributed by atoms with Crippen LogP contribution in [-0.4, -0.2) is 9.97 Å². The fraction of sp³-hybridized carbons (Fsp3) is 0.333. The number of rotatable bonds is 0. The molecule has 1 heterocycles. The Balaban J connectivity index is 2.79. The summed E-state index contributed by atoms with van der Waals surface area (Å²) in [5.74, 6) is 0.936. The van der Waals surface area contributed by atoms with E-state index in [1.165, 1.54) is 0 Å². The number of H-pyrrole nitrogens is 1. The summed E-state index contributed by atoms with van der Waals surface area (Å²) in [6, 6.07) is 8.00. The lowest BCUT2D eigenvalue weighted by atomic mass is 9.95. The van der Waals surface area contributed by atoms with Crippen LogP contribution in [0.1, 0.15) is 26.6 Å². The Morgan fingerprint density at radius 2 is 1.87 bits per heavy atom. The van der Waals surface area contributed by atoms with Crippen molar-refractivity contribution in [2.45, 2.75) is 26.2 Å². The first-order chi connectivity index (χ1) is 6.98. The molecule has 0 atom stereocenters. The Bertz CT molecular complexity index is 549. The van der Waals surface area contributed by atoms with Crippen LogP contribution < -0.4 is 0 Å². The fourth-order valence-electron chi connectivity index (χ4n) is 1.45. The molecule has 1 aromatic carbocycles. The third kappa shape index (κ3) is 1.92. The molecule has 0 aliphatic carbocycles. The molecule has 0 spiro atoms. The molecule has 3 heteroatoms. The zero-order valence-corrected chi connectivity index (χ0v) is 9.98. The van der Waals surface area contributed by atoms with Crippen molar-refractivity contribution in [3.05, 3.63) is 34.7 Å². The third-order valence-electron chi connectivity index (χ3n) is 2.33. The van der Waals surface area contributed by atoms with E-state index in [-0.39, 0.29) is 5.41 Å². The first-order valence-electron chi connectivity index (χ1n) is 4.98. The Labute approximate surface area is 94.4 Å². The van der Waals surface area contributed by atoms with E-state index in [0.717, 1.165) is 16.7 Å². The van der Waals surface area contributed by atoms with Crippen LogP contribution in [-0.2, 0) is 5.41 Å². The van der Waals surface area contributed by atoms with E-state index in [2.05, 4.69) is 30.7 Å². The van der Waals surface area contributed by atoms with E-state index >= 15 is 0 Å². The number of nitrogens with zero attached hydrogens (tertiary/aromatic N) is 1. The molecule has 2 aromatic rings. The van der Waals surface area contributed by atoms with Crippen LogP contribution in [0.2, 0.25) is 0 Å². The van der Waals surface area contributed by atoms with Crippen LogP contribution in [0.25, 0.3) is 10.9 Å². The Hall–Kier alpha value is -1.22. The Morgan fingerprint density at radius 1 is 1.20 bits per heavy atom. The molecule has 0 fully saturated rings. The molecule has 15 heavy (non-hydrogen) atoms. The minimum Gasteiger partial charge on any atom is -0.343 e. The van der Waals surface area contributed by atoms with Crippen LogP contribution in [0.5, 0.6) is 0 Å². The normalized spacial score (nSPS) is 11.9. The van der Waals surface area contributed by atoms with Gasteiger partial charge in [-0.15, -0.1) is 0 Å². The van der Waals surface area contributed by atoms with E-state index in [0.29, 0.717) is 4.64 Å². The Kier molecular flexibility index (Phi) is 2.35. The molecule has 2 rings (SSSR count). The van der Waals surface area contributed by atoms with Gasteiger partial charge in [0.25, 0.3) is 0 Å². The number of hydrogen-bond acceptors (Lipinski definition) is 2. The van der Waals surface area contributed by atoms with E-state index in [9.17, 15) is 0 Å². The first kappa shape index (κ1) is 10.3. The number of nitrogens with one attached hydrogen (secondary N) is 1. The summed E-state index contributed by atoms with van der Waals surface area (Å²) in [7, 11) is 0. The second kappa shape index (κ2) is 3.42. The van der Waals surface area contributed by atoms with Gasteiger partial charge in [0.05, 0.1) is 0 Å². The molecule has 0 aliphatic heterocycles. The van der Waals surface area contributed by atoms with Gasteiger partial charge in [0, 0.05) is 16.3 Å². The predicted octanol–water partition coefficient (Wildman–Crippen LogP) is 3.59. The maximum absolute atomic E-state index is 5.28. The van der Waals surface area contributed by atoms with Crippen molar-refractivity contribution < 1.29 is 0 Å². The highest BCUT2D eigenvalue weighted by atomic mass is 32.1. The number of benzene rings is 1. The van der Waals surface area contributed by atoms with Gasteiger partial charge >= 0.3 is 0 Å². The smallest absolute Gasteiger partial charge is 0.137 e. The molecule has 1 aromatic heterocycles. The van der Waals surface area contributed by atoms with Crippen LogP contribution in [0.3, 0.4) is 0 Å². The summed E-state index contributed by atoms with van der Waals surface area (Å²) in [5, 5.41) is 1.01. The van der Waals surface area contributed by atoms with E-state index in [1.807, 2.05) is 24.3 Å². The van der Waals surface area contributed by atoms with Gasteiger partial charge in [0.1, 0.15) is 10.5 Å². The molecular formula is C12H14N2S. The highest BCUT2D eigenvalue weighted by Crippen LogP contribution is 2.21. The van der Waals surface area contributed by atoms with E-state index in [4.69, 9.17) is 12.2 Å². The van der Waals surface area contributed by atoms with Gasteiger partial charge in [0.2, 0.25) is 0 Å². The number of aromatic nitrogens is 2. The quantitative estimate of drug-likeness (QED) is 0.684. The van der Waals surface area contributed by atoms with Gasteiger partial charge in [-0.25, -0.2) is 4.98 Å². The van der Waals surface area contributed by atoms with Gasteiger partial charge in [-0.2, -0.15) is 0 Å². The third-order valence-corrected chi connectivity index (χ3v) is 2.65. The zero-order valence-electron chi connectivity index (χ0n) is 9.16. The molecule has 0 saturated heterocycles. The van der Waals surface area contributed by atoms with Crippen LogP contribution in [0.4, 0.5) is 0 Å². The highest BCUT2D eigenvalue weighted by molar-refractivity contribution is 7.71. The van der Waals surface area contributed by atoms with Crippen molar-refractivity contribution in [2.75, 3.05) is 0 Å². The summed E-state index contributed by atoms with van der Waals surface area (Å²) in [4.78, 5) is 7.76. The molecule has 0 radical (unpaired) electrons. The molecule has 0 amide bonds. The van der Waals surface area contributed by atoms with Gasteiger partial charge in [-0.05, 0) is 12.1 Å². The lowest BCUT2D eigenvalue weighted by molar-refractivity contribution is 0.547. The van der Waals surface area contributed by atoms with Crippen molar-refractivity contribution in [2.24, 2.45) is 0 Å². The van der Waals surface area contributed by atoms with Crippen LogP contribution in [0.15, 0.2) is 24.3 Å². The molecule has 0 bridgehead atoms. The number of aromatic amines is 1. The van der Waals surface area contributed by atoms with Crippen LogP contribution in [0, 0.1) is 4.64 Å². The van der Waals surface area contributed by atoms with Gasteiger partial charge in [-0.1, -0.05) is 45.1 Å². The summed E-state index contributed by atoms with van der Waals surface area (Å²) in [6.45, 7) is 6.36. The van der Waals surface area contributed by atoms with Crippen molar-refractivity contribution in [1.29, 1.82) is 0 Å². The van der Waals surface area contributed by atoms with Crippen molar-refractivity contribution >= 4 is 23.1 Å². The highest BCUT2D eigenvalue weighted by Gasteiger charge is 2.16. The molecule has 1 N–H and O–H groups in total. The SMILES string of the molecule is CC(C)(C)c1nc(=S)c2ccccc2[nH]1. The minimum absolute atomic E-state index is 0.00239. The van der Waals surface area contributed by atoms with Crippen molar-refractivity contribution in [1.82, 2.24) is 9.97 Å². The topological polar surface area (TPSA) is 28.7 Å². The maximum Gasteiger partial charge on any atom is 0.137 e. The minimum atomic E-state index is -0.00239. The molecule has 0 aliphatic rings. The zero-order chi connectivity index (χ0) is 11.1. The summed E-state index contributed by atoms with van der Waals surface area (Å²) in [5.41, 5.74) is 1.06. The molecule has 0 saturated carbocycles. The monoisotopic (exact) mass is 218 g/mol. The van der Waals surface area contributed by atoms with Gasteiger partial charge < -0.3 is 4.98 Å². The van der Waals surface area contributed by atoms with Gasteiger partial charge in [-0.3, -0.25) is 0 Å². The average Bonchev–Trinajstić information content (AvgIpc) is 2.16. The van der Waals surface area contributed by atoms with Crippen LogP contribution >= 0.6 is 12.2 Å². The number of para-hydroxylation sites is 1. The average molecular weight is 218 g/mol. The molecule has 78 valence electrons. The lowest BCUT2D eigenvalue weighted by Gasteiger charge is -2.17. The van der Waals surface area contributed by atoms with E-state index < -0.39 is 0 Å². The summed E-state index contributed by atoms with van der Waals surface area (Å²) < 4.78 is 0.675. The Morgan fingerprint density at radius 3 is 2.53 bits per heavy atom. The van der Waals surface area contributed by atoms with E-state index in [1.54, 1.807) is 0 Å². The molecule has 2 nitrogen and oxygen atoms in total. The fourth-order valence-corrected chi connectivity index (χ4v) is 1.72. The molecule has 0 unspecified atom stereocenters. The lowest BCUT2D eigenvalue weighted by Crippen LogP contribution is -2.16. The van der Waals surface area contributed by atoms with Crippen molar-refractivity contribution in [3.63, 3.8) is 0 Å². The second-order valence-electron chi connectivity index (χ2n) is 4.69. The standard InChI is InChI=1S/C12H14N2S/c1-12(2,3)11-13-9-7-5-4-6-8(9)10(15)14-11/h4-7H,1-3H3,(H,13,14,15). The maximum atomic E-state index is 5.28. The molecular weight excluding hydrogens is 204 g/mol. The number of hydrogen-bond donors (Lipinski definition) is 1. The largest absolute Gasteiger partial charge is 0.343 e. The summed E-state index contributed by atoms with van der Waals surface area (Å²) >= 11 is 5.28. The second-order valence-corrected chi connectivity index (χ2v) is 5.07. The van der Waals surface area contributed by atoms with Crippen molar-refractivity contribution in [3.8, 4) is 0 Å². The van der Waals surface area contributed by atoms with Gasteiger partial charge in [0.15, 0.2) is 0 Å². The summed E-state index contributed by atoms with van der Waals surface area (Å²) in [6.07, 6.45) is 0. The number of fused-ring (bicyclic) bond motifs is 1. The first-order valence-corrected chi connectivity index (χ1v) is 5.39.